The van der Waals surface area contributed by atoms with E-state index < -0.39 is 11.6 Å². The van der Waals surface area contributed by atoms with E-state index in [-0.39, 0.29) is 5.69 Å². The number of nitrogens with zero attached hydrogens (tertiary/aromatic N) is 3. The largest absolute Gasteiger partial charge is 0.477 e. The molecule has 2 N–H and O–H groups in total. The van der Waals surface area contributed by atoms with Crippen molar-refractivity contribution in [1.29, 1.82) is 0 Å². The van der Waals surface area contributed by atoms with Crippen molar-refractivity contribution < 1.29 is 15.0 Å². The highest BCUT2D eigenvalue weighted by Gasteiger charge is 2.23. The summed E-state index contributed by atoms with van der Waals surface area (Å²) in [5.74, 6) is -0.305. The average Bonchev–Trinajstić information content (AvgIpc) is 2.38. The van der Waals surface area contributed by atoms with E-state index in [1.165, 1.54) is 6.07 Å². The number of anilines is 1. The Labute approximate surface area is 118 Å². The van der Waals surface area contributed by atoms with E-state index in [2.05, 4.69) is 14.8 Å². The van der Waals surface area contributed by atoms with Crippen LogP contribution < -0.4 is 4.90 Å². The fraction of sp³-hybridized carbons (Fsp3) is 0.571. The van der Waals surface area contributed by atoms with Gasteiger partial charge in [0.2, 0.25) is 0 Å². The van der Waals surface area contributed by atoms with E-state index in [1.54, 1.807) is 19.9 Å². The summed E-state index contributed by atoms with van der Waals surface area (Å²) in [7, 11) is 0. The molecule has 6 nitrogen and oxygen atoms in total. The number of aromatic nitrogens is 1. The first kappa shape index (κ1) is 14.7. The Hall–Kier alpha value is -1.66. The van der Waals surface area contributed by atoms with Gasteiger partial charge in [-0.1, -0.05) is 6.07 Å². The van der Waals surface area contributed by atoms with Gasteiger partial charge in [-0.05, 0) is 26.0 Å². The van der Waals surface area contributed by atoms with Crippen molar-refractivity contribution >= 4 is 11.8 Å². The molecule has 1 aliphatic heterocycles. The van der Waals surface area contributed by atoms with Crippen LogP contribution in [0, 0.1) is 0 Å². The van der Waals surface area contributed by atoms with E-state index in [4.69, 9.17) is 5.11 Å². The summed E-state index contributed by atoms with van der Waals surface area (Å²) in [5, 5.41) is 18.8. The van der Waals surface area contributed by atoms with Gasteiger partial charge in [0.05, 0.1) is 5.60 Å². The van der Waals surface area contributed by atoms with Crippen molar-refractivity contribution in [1.82, 2.24) is 9.88 Å². The zero-order chi connectivity index (χ0) is 14.8. The summed E-state index contributed by atoms with van der Waals surface area (Å²) in [6.45, 7) is 7.49. The van der Waals surface area contributed by atoms with Crippen LogP contribution in [0.3, 0.4) is 0 Å². The maximum absolute atomic E-state index is 10.9. The molecular weight excluding hydrogens is 258 g/mol. The lowest BCUT2D eigenvalue weighted by molar-refractivity contribution is 0.0344. The molecule has 2 heterocycles. The first-order valence-corrected chi connectivity index (χ1v) is 6.75. The van der Waals surface area contributed by atoms with Crippen LogP contribution in [0.15, 0.2) is 18.2 Å². The lowest BCUT2D eigenvalue weighted by atomic mass is 10.1. The lowest BCUT2D eigenvalue weighted by Gasteiger charge is -2.37. The smallest absolute Gasteiger partial charge is 0.354 e. The van der Waals surface area contributed by atoms with Crippen LogP contribution in [0.5, 0.6) is 0 Å². The Kier molecular flexibility index (Phi) is 4.25. The van der Waals surface area contributed by atoms with Crippen LogP contribution in [0.1, 0.15) is 24.3 Å². The van der Waals surface area contributed by atoms with Gasteiger partial charge >= 0.3 is 5.97 Å². The quantitative estimate of drug-likeness (QED) is 0.843. The third kappa shape index (κ3) is 3.91. The van der Waals surface area contributed by atoms with Crippen LogP contribution in [-0.2, 0) is 0 Å². The number of piperazine rings is 1. The minimum absolute atomic E-state index is 0.0708. The molecule has 0 aromatic carbocycles. The highest BCUT2D eigenvalue weighted by atomic mass is 16.4. The molecule has 0 unspecified atom stereocenters. The lowest BCUT2D eigenvalue weighted by Crippen LogP contribution is -2.50. The number of rotatable bonds is 4. The second-order valence-corrected chi connectivity index (χ2v) is 5.76. The molecule has 0 bridgehead atoms. The number of carboxylic acids is 1. The topological polar surface area (TPSA) is 76.9 Å². The van der Waals surface area contributed by atoms with Crippen molar-refractivity contribution in [2.75, 3.05) is 37.6 Å². The van der Waals surface area contributed by atoms with E-state index >= 15 is 0 Å². The summed E-state index contributed by atoms with van der Waals surface area (Å²) in [5.41, 5.74) is -0.620. The zero-order valence-electron chi connectivity index (χ0n) is 11.9. The molecule has 0 amide bonds. The monoisotopic (exact) mass is 279 g/mol. The third-order valence-electron chi connectivity index (χ3n) is 3.26. The van der Waals surface area contributed by atoms with Gasteiger partial charge in [-0.25, -0.2) is 9.78 Å². The minimum Gasteiger partial charge on any atom is -0.477 e. The summed E-state index contributed by atoms with van der Waals surface area (Å²) in [6, 6.07) is 5.05. The molecule has 1 saturated heterocycles. The van der Waals surface area contributed by atoms with Gasteiger partial charge in [0, 0.05) is 32.7 Å². The van der Waals surface area contributed by atoms with Crippen molar-refractivity contribution in [3.05, 3.63) is 23.9 Å². The van der Waals surface area contributed by atoms with Crippen LogP contribution in [0.25, 0.3) is 0 Å². The molecule has 110 valence electrons. The number of β-amino-alcohol motifs (C(OH)–C–C–N with tert-alkyl or cyclic N) is 1. The fourth-order valence-corrected chi connectivity index (χ4v) is 2.40. The van der Waals surface area contributed by atoms with Gasteiger partial charge in [0.1, 0.15) is 5.82 Å². The van der Waals surface area contributed by atoms with Crippen LogP contribution in [0.2, 0.25) is 0 Å². The Morgan fingerprint density at radius 3 is 2.50 bits per heavy atom. The summed E-state index contributed by atoms with van der Waals surface area (Å²) >= 11 is 0. The molecule has 6 heteroatoms. The zero-order valence-corrected chi connectivity index (χ0v) is 11.9. The molecule has 1 aromatic rings. The molecule has 1 aromatic heterocycles. The minimum atomic E-state index is -1.01. The number of pyridine rings is 1. The summed E-state index contributed by atoms with van der Waals surface area (Å²) < 4.78 is 0. The number of aromatic carboxylic acids is 1. The maximum Gasteiger partial charge on any atom is 0.354 e. The molecule has 0 aliphatic carbocycles. The molecule has 1 aliphatic rings. The van der Waals surface area contributed by atoms with Crippen molar-refractivity contribution in [3.8, 4) is 0 Å². The molecule has 0 spiro atoms. The molecule has 0 radical (unpaired) electrons. The molecule has 2 rings (SSSR count). The second kappa shape index (κ2) is 5.76. The van der Waals surface area contributed by atoms with Crippen molar-refractivity contribution in [3.63, 3.8) is 0 Å². The Bertz CT molecular complexity index is 477. The second-order valence-electron chi connectivity index (χ2n) is 5.76. The Balaban J connectivity index is 1.97. The van der Waals surface area contributed by atoms with Gasteiger partial charge in [-0.15, -0.1) is 0 Å². The predicted octanol–water partition coefficient (Wildman–Crippen LogP) is 0.673. The molecule has 1 fully saturated rings. The summed E-state index contributed by atoms with van der Waals surface area (Å²) in [4.78, 5) is 19.4. The van der Waals surface area contributed by atoms with Crippen LogP contribution in [-0.4, -0.2) is 64.4 Å². The predicted molar refractivity (Wildman–Crippen MR) is 76.1 cm³/mol. The van der Waals surface area contributed by atoms with E-state index in [9.17, 15) is 9.90 Å². The van der Waals surface area contributed by atoms with Gasteiger partial charge in [0.25, 0.3) is 0 Å². The Morgan fingerprint density at radius 1 is 1.30 bits per heavy atom. The maximum atomic E-state index is 10.9. The molecule has 0 saturated carbocycles. The van der Waals surface area contributed by atoms with Gasteiger partial charge in [0.15, 0.2) is 5.69 Å². The van der Waals surface area contributed by atoms with E-state index in [0.717, 1.165) is 26.2 Å². The normalized spacial score (nSPS) is 17.2. The molecular formula is C14H21N3O3. The van der Waals surface area contributed by atoms with E-state index in [0.29, 0.717) is 12.4 Å². The van der Waals surface area contributed by atoms with Crippen molar-refractivity contribution in [2.24, 2.45) is 0 Å². The third-order valence-corrected chi connectivity index (χ3v) is 3.26. The SMILES string of the molecule is CC(C)(O)CN1CCN(c2cccc(C(=O)O)n2)CC1. The summed E-state index contributed by atoms with van der Waals surface area (Å²) in [6.07, 6.45) is 0. The standard InChI is InChI=1S/C14H21N3O3/c1-14(2,20)10-16-6-8-17(9-7-16)12-5-3-4-11(15-12)13(18)19/h3-5,20H,6-10H2,1-2H3,(H,18,19). The van der Waals surface area contributed by atoms with E-state index in [1.807, 2.05) is 6.07 Å². The first-order chi connectivity index (χ1) is 9.35. The Morgan fingerprint density at radius 2 is 1.95 bits per heavy atom. The number of carboxylic acid groups (broad SMARTS) is 1. The van der Waals surface area contributed by atoms with Gasteiger partial charge < -0.3 is 15.1 Å². The van der Waals surface area contributed by atoms with Crippen LogP contribution >= 0.6 is 0 Å². The highest BCUT2D eigenvalue weighted by molar-refractivity contribution is 5.85. The van der Waals surface area contributed by atoms with Crippen LogP contribution in [0.4, 0.5) is 5.82 Å². The fourth-order valence-electron chi connectivity index (χ4n) is 2.40. The molecule has 0 atom stereocenters. The van der Waals surface area contributed by atoms with Gasteiger partial charge in [-0.2, -0.15) is 0 Å². The van der Waals surface area contributed by atoms with Gasteiger partial charge in [-0.3, -0.25) is 4.90 Å². The number of hydrogen-bond donors (Lipinski definition) is 2. The number of hydrogen-bond acceptors (Lipinski definition) is 5. The van der Waals surface area contributed by atoms with Crippen molar-refractivity contribution in [2.45, 2.75) is 19.4 Å². The average molecular weight is 279 g/mol. The number of aliphatic hydroxyl groups is 1. The number of carbonyl (C=O) groups is 1. The highest BCUT2D eigenvalue weighted by Crippen LogP contribution is 2.15. The first-order valence-electron chi connectivity index (χ1n) is 6.75. The molecule has 20 heavy (non-hydrogen) atoms.